The van der Waals surface area contributed by atoms with Gasteiger partial charge in [-0.1, -0.05) is 127 Å². The van der Waals surface area contributed by atoms with Crippen molar-refractivity contribution in [1.82, 2.24) is 15.0 Å². The summed E-state index contributed by atoms with van der Waals surface area (Å²) in [5, 5.41) is 6.91. The molecule has 4 heteroatoms. The van der Waals surface area contributed by atoms with E-state index in [-0.39, 0.29) is 0 Å². The van der Waals surface area contributed by atoms with Gasteiger partial charge in [0.15, 0.2) is 17.5 Å². The van der Waals surface area contributed by atoms with E-state index in [0.29, 0.717) is 17.5 Å². The second-order valence-corrected chi connectivity index (χ2v) is 11.3. The minimum absolute atomic E-state index is 0.648. The number of nitrogens with zero attached hydrogens (tertiary/aromatic N) is 3. The van der Waals surface area contributed by atoms with Crippen molar-refractivity contribution in [2.75, 3.05) is 0 Å². The molecule has 0 unspecified atom stereocenters. The van der Waals surface area contributed by atoms with Crippen molar-refractivity contribution < 1.29 is 4.42 Å². The molecule has 45 heavy (non-hydrogen) atoms. The van der Waals surface area contributed by atoms with Gasteiger partial charge in [-0.15, -0.1) is 0 Å². The summed E-state index contributed by atoms with van der Waals surface area (Å²) in [5.41, 5.74) is 7.05. The highest BCUT2D eigenvalue weighted by Crippen LogP contribution is 2.39. The van der Waals surface area contributed by atoms with E-state index in [1.165, 1.54) is 21.9 Å². The lowest BCUT2D eigenvalue weighted by molar-refractivity contribution is 0.669. The molecule has 0 spiro atoms. The third kappa shape index (κ3) is 4.35. The summed E-state index contributed by atoms with van der Waals surface area (Å²) in [7, 11) is 0. The van der Waals surface area contributed by atoms with E-state index in [1.54, 1.807) is 0 Å². The number of para-hydroxylation sites is 1. The monoisotopic (exact) mass is 575 g/mol. The van der Waals surface area contributed by atoms with Crippen molar-refractivity contribution in [3.05, 3.63) is 152 Å². The van der Waals surface area contributed by atoms with Gasteiger partial charge in [0, 0.05) is 27.5 Å². The first kappa shape index (κ1) is 25.4. The highest BCUT2D eigenvalue weighted by molar-refractivity contribution is 6.14. The maximum absolute atomic E-state index is 6.19. The van der Waals surface area contributed by atoms with Crippen LogP contribution in [0.4, 0.5) is 0 Å². The fraction of sp³-hybridized carbons (Fsp3) is 0. The molecule has 0 saturated carbocycles. The number of aromatic nitrogens is 3. The molecule has 0 aliphatic carbocycles. The molecule has 210 valence electrons. The molecule has 0 fully saturated rings. The topological polar surface area (TPSA) is 51.8 Å². The zero-order valence-corrected chi connectivity index (χ0v) is 24.2. The number of hydrogen-bond donors (Lipinski definition) is 0. The quantitative estimate of drug-likeness (QED) is 0.209. The van der Waals surface area contributed by atoms with E-state index in [4.69, 9.17) is 19.4 Å². The fourth-order valence-corrected chi connectivity index (χ4v) is 6.33. The average Bonchev–Trinajstić information content (AvgIpc) is 3.48. The molecule has 0 aliphatic rings. The highest BCUT2D eigenvalue weighted by Gasteiger charge is 2.15. The summed E-state index contributed by atoms with van der Waals surface area (Å²) in [4.78, 5) is 14.7. The van der Waals surface area contributed by atoms with Crippen LogP contribution in [0.3, 0.4) is 0 Å². The van der Waals surface area contributed by atoms with Gasteiger partial charge in [-0.25, -0.2) is 15.0 Å². The van der Waals surface area contributed by atoms with E-state index in [2.05, 4.69) is 78.9 Å². The van der Waals surface area contributed by atoms with E-state index in [9.17, 15) is 0 Å². The van der Waals surface area contributed by atoms with E-state index < -0.39 is 0 Å². The lowest BCUT2D eigenvalue weighted by Crippen LogP contribution is -2.00. The lowest BCUT2D eigenvalue weighted by Gasteiger charge is -2.12. The fourth-order valence-electron chi connectivity index (χ4n) is 6.33. The zero-order valence-electron chi connectivity index (χ0n) is 24.2. The molecule has 0 saturated heterocycles. The molecule has 0 N–H and O–H groups in total. The predicted octanol–water partition coefficient (Wildman–Crippen LogP) is 10.7. The smallest absolute Gasteiger partial charge is 0.164 e. The van der Waals surface area contributed by atoms with Crippen LogP contribution in [-0.2, 0) is 0 Å². The van der Waals surface area contributed by atoms with Crippen LogP contribution in [0.2, 0.25) is 0 Å². The second kappa shape index (κ2) is 10.2. The minimum Gasteiger partial charge on any atom is -0.456 e. The molecule has 9 rings (SSSR count). The molecule has 7 aromatic carbocycles. The van der Waals surface area contributed by atoms with Gasteiger partial charge in [-0.3, -0.25) is 0 Å². The molecule has 0 amide bonds. The Balaban J connectivity index is 1.21. The van der Waals surface area contributed by atoms with E-state index in [1.807, 2.05) is 72.8 Å². The van der Waals surface area contributed by atoms with Crippen LogP contribution in [-0.4, -0.2) is 15.0 Å². The zero-order chi connectivity index (χ0) is 29.7. The molecular formula is C41H25N3O. The Morgan fingerprint density at radius 2 is 0.911 bits per heavy atom. The molecule has 0 radical (unpaired) electrons. The molecule has 0 aliphatic heterocycles. The summed E-state index contributed by atoms with van der Waals surface area (Å²) >= 11 is 0. The minimum atomic E-state index is 0.648. The molecule has 4 nitrogen and oxygen atoms in total. The van der Waals surface area contributed by atoms with Gasteiger partial charge in [-0.05, 0) is 56.9 Å². The molecule has 2 heterocycles. The Kier molecular flexibility index (Phi) is 5.78. The number of benzene rings is 7. The van der Waals surface area contributed by atoms with Crippen LogP contribution >= 0.6 is 0 Å². The maximum atomic E-state index is 6.19. The Labute approximate surface area is 259 Å². The standard InChI is InChI=1S/C41H25N3O/c1-3-11-26(12-4-1)39-42-40(27-13-5-2-6-14-27)44-41(43-39)30-21-22-31-28(23-30)15-9-18-32(31)33-19-10-16-29-24-38-36(25-35(29)33)34-17-7-8-20-37(34)45-38/h1-25H. The summed E-state index contributed by atoms with van der Waals surface area (Å²) in [5.74, 6) is 1.96. The molecule has 0 bridgehead atoms. The van der Waals surface area contributed by atoms with Gasteiger partial charge >= 0.3 is 0 Å². The summed E-state index contributed by atoms with van der Waals surface area (Å²) < 4.78 is 6.19. The molecule has 9 aromatic rings. The first-order valence-corrected chi connectivity index (χ1v) is 15.0. The van der Waals surface area contributed by atoms with Crippen LogP contribution in [0, 0.1) is 0 Å². The van der Waals surface area contributed by atoms with E-state index >= 15 is 0 Å². The van der Waals surface area contributed by atoms with Crippen LogP contribution in [0.25, 0.3) is 88.8 Å². The number of hydrogen-bond acceptors (Lipinski definition) is 4. The van der Waals surface area contributed by atoms with Crippen molar-refractivity contribution in [2.24, 2.45) is 0 Å². The van der Waals surface area contributed by atoms with Gasteiger partial charge in [0.1, 0.15) is 11.2 Å². The second-order valence-electron chi connectivity index (χ2n) is 11.3. The molecule has 0 atom stereocenters. The summed E-state index contributed by atoms with van der Waals surface area (Å²) in [6, 6.07) is 52.3. The number of furan rings is 1. The van der Waals surface area contributed by atoms with Crippen LogP contribution in [0.15, 0.2) is 156 Å². The van der Waals surface area contributed by atoms with Crippen molar-refractivity contribution in [3.63, 3.8) is 0 Å². The summed E-state index contributed by atoms with van der Waals surface area (Å²) in [6.45, 7) is 0. The van der Waals surface area contributed by atoms with Gasteiger partial charge in [0.25, 0.3) is 0 Å². The Bertz CT molecular complexity index is 2480. The number of rotatable bonds is 4. The lowest BCUT2D eigenvalue weighted by atomic mass is 9.92. The first-order chi connectivity index (χ1) is 22.3. The normalized spacial score (nSPS) is 11.6. The Morgan fingerprint density at radius 1 is 0.333 bits per heavy atom. The van der Waals surface area contributed by atoms with Crippen molar-refractivity contribution >= 4 is 43.5 Å². The van der Waals surface area contributed by atoms with Gasteiger partial charge < -0.3 is 4.42 Å². The van der Waals surface area contributed by atoms with Crippen molar-refractivity contribution in [3.8, 4) is 45.3 Å². The maximum Gasteiger partial charge on any atom is 0.164 e. The van der Waals surface area contributed by atoms with Crippen LogP contribution in [0.1, 0.15) is 0 Å². The first-order valence-electron chi connectivity index (χ1n) is 15.0. The average molecular weight is 576 g/mol. The predicted molar refractivity (Wildman–Crippen MR) is 184 cm³/mol. The highest BCUT2D eigenvalue weighted by atomic mass is 16.3. The largest absolute Gasteiger partial charge is 0.456 e. The SMILES string of the molecule is c1ccc(-c2nc(-c3ccccc3)nc(-c3ccc4c(-c5cccc6cc7oc8ccccc8c7cc56)cccc4c3)n2)cc1. The van der Waals surface area contributed by atoms with Gasteiger partial charge in [0.05, 0.1) is 0 Å². The van der Waals surface area contributed by atoms with Gasteiger partial charge in [-0.2, -0.15) is 0 Å². The van der Waals surface area contributed by atoms with Crippen LogP contribution in [0.5, 0.6) is 0 Å². The van der Waals surface area contributed by atoms with Crippen LogP contribution < -0.4 is 0 Å². The molecular weight excluding hydrogens is 550 g/mol. The van der Waals surface area contributed by atoms with Gasteiger partial charge in [0.2, 0.25) is 0 Å². The Hall–Kier alpha value is -6.13. The molecule has 2 aromatic heterocycles. The summed E-state index contributed by atoms with van der Waals surface area (Å²) in [6.07, 6.45) is 0. The van der Waals surface area contributed by atoms with E-state index in [0.717, 1.165) is 49.4 Å². The number of fused-ring (bicyclic) bond motifs is 5. The third-order valence-corrected chi connectivity index (χ3v) is 8.51. The van der Waals surface area contributed by atoms with Crippen molar-refractivity contribution in [1.29, 1.82) is 0 Å². The third-order valence-electron chi connectivity index (χ3n) is 8.51. The van der Waals surface area contributed by atoms with Crippen molar-refractivity contribution in [2.45, 2.75) is 0 Å². The Morgan fingerprint density at radius 3 is 1.60 bits per heavy atom.